The van der Waals surface area contributed by atoms with E-state index in [1.165, 1.54) is 37.9 Å². The van der Waals surface area contributed by atoms with Crippen LogP contribution in [-0.4, -0.2) is 22.6 Å². The molecule has 1 aliphatic carbocycles. The Labute approximate surface area is 106 Å². The molecular weight excluding hydrogens is 230 g/mol. The van der Waals surface area contributed by atoms with E-state index in [1.54, 1.807) is 0 Å². The summed E-state index contributed by atoms with van der Waals surface area (Å²) in [6, 6.07) is 1.44. The van der Waals surface area contributed by atoms with Crippen LogP contribution < -0.4 is 11.1 Å². The van der Waals surface area contributed by atoms with Crippen LogP contribution >= 0.6 is 0 Å². The zero-order valence-corrected chi connectivity index (χ0v) is 10.4. The van der Waals surface area contributed by atoms with Gasteiger partial charge in [-0.25, -0.2) is 9.78 Å². The van der Waals surface area contributed by atoms with Crippen LogP contribution in [0.25, 0.3) is 0 Å². The fourth-order valence-electron chi connectivity index (χ4n) is 2.44. The van der Waals surface area contributed by atoms with E-state index in [4.69, 9.17) is 10.8 Å². The average molecular weight is 249 g/mol. The third-order valence-electron chi connectivity index (χ3n) is 3.48. The molecule has 0 atom stereocenters. The summed E-state index contributed by atoms with van der Waals surface area (Å²) < 4.78 is 0. The van der Waals surface area contributed by atoms with Crippen molar-refractivity contribution in [3.8, 4) is 0 Å². The number of carboxylic acid groups (broad SMARTS) is 1. The Morgan fingerprint density at radius 1 is 1.50 bits per heavy atom. The normalized spacial score (nSPS) is 15.8. The van der Waals surface area contributed by atoms with E-state index in [1.807, 2.05) is 0 Å². The van der Waals surface area contributed by atoms with Gasteiger partial charge in [0.05, 0.1) is 11.3 Å². The highest BCUT2D eigenvalue weighted by Gasteiger charge is 2.14. The molecule has 1 aromatic heterocycles. The fourth-order valence-corrected chi connectivity index (χ4v) is 2.44. The lowest BCUT2D eigenvalue weighted by Crippen LogP contribution is -2.10. The fraction of sp³-hybridized carbons (Fsp3) is 0.538. The van der Waals surface area contributed by atoms with Crippen LogP contribution in [0.2, 0.25) is 0 Å². The quantitative estimate of drug-likeness (QED) is 0.745. The number of pyridine rings is 1. The first kappa shape index (κ1) is 12.7. The van der Waals surface area contributed by atoms with Gasteiger partial charge in [-0.3, -0.25) is 0 Å². The molecule has 0 spiro atoms. The van der Waals surface area contributed by atoms with Crippen LogP contribution in [0.15, 0.2) is 12.3 Å². The van der Waals surface area contributed by atoms with Crippen molar-refractivity contribution in [1.82, 2.24) is 4.98 Å². The van der Waals surface area contributed by atoms with Crippen molar-refractivity contribution in [2.75, 3.05) is 17.6 Å². The molecule has 0 unspecified atom stereocenters. The Morgan fingerprint density at radius 2 is 2.22 bits per heavy atom. The lowest BCUT2D eigenvalue weighted by Gasteiger charge is -2.11. The molecule has 1 aromatic rings. The van der Waals surface area contributed by atoms with Gasteiger partial charge < -0.3 is 16.2 Å². The first-order valence-corrected chi connectivity index (χ1v) is 6.39. The topological polar surface area (TPSA) is 88.2 Å². The second-order valence-corrected chi connectivity index (χ2v) is 4.83. The Balaban J connectivity index is 1.87. The summed E-state index contributed by atoms with van der Waals surface area (Å²) in [6.45, 7) is 0.842. The molecule has 0 radical (unpaired) electrons. The van der Waals surface area contributed by atoms with Crippen molar-refractivity contribution in [2.24, 2.45) is 5.92 Å². The summed E-state index contributed by atoms with van der Waals surface area (Å²) in [7, 11) is 0. The number of nitrogen functional groups attached to an aromatic ring is 1. The minimum absolute atomic E-state index is 0.119. The Kier molecular flexibility index (Phi) is 4.02. The van der Waals surface area contributed by atoms with Gasteiger partial charge in [0.25, 0.3) is 0 Å². The highest BCUT2D eigenvalue weighted by atomic mass is 16.4. The maximum atomic E-state index is 10.7. The number of hydrogen-bond donors (Lipinski definition) is 3. The second-order valence-electron chi connectivity index (χ2n) is 4.83. The van der Waals surface area contributed by atoms with Gasteiger partial charge in [0.15, 0.2) is 0 Å². The lowest BCUT2D eigenvalue weighted by atomic mass is 10.0. The Morgan fingerprint density at radius 3 is 2.83 bits per heavy atom. The molecule has 18 heavy (non-hydrogen) atoms. The molecular formula is C13H19N3O2. The van der Waals surface area contributed by atoms with Crippen molar-refractivity contribution in [1.29, 1.82) is 0 Å². The van der Waals surface area contributed by atoms with Gasteiger partial charge in [-0.2, -0.15) is 0 Å². The summed E-state index contributed by atoms with van der Waals surface area (Å²) >= 11 is 0. The number of nitrogens with one attached hydrogen (secondary N) is 1. The van der Waals surface area contributed by atoms with Gasteiger partial charge in [0.2, 0.25) is 0 Å². The molecule has 0 saturated heterocycles. The number of carboxylic acids is 1. The second kappa shape index (κ2) is 5.71. The lowest BCUT2D eigenvalue weighted by molar-refractivity contribution is 0.0696. The number of anilines is 2. The summed E-state index contributed by atoms with van der Waals surface area (Å²) in [5.41, 5.74) is 6.27. The average Bonchev–Trinajstić information content (AvgIpc) is 2.84. The Bertz CT molecular complexity index is 428. The maximum absolute atomic E-state index is 10.7. The zero-order valence-electron chi connectivity index (χ0n) is 10.4. The first-order valence-electron chi connectivity index (χ1n) is 6.39. The highest BCUT2D eigenvalue weighted by Crippen LogP contribution is 2.27. The van der Waals surface area contributed by atoms with E-state index >= 15 is 0 Å². The molecule has 1 fully saturated rings. The summed E-state index contributed by atoms with van der Waals surface area (Å²) in [5, 5.41) is 12.0. The minimum atomic E-state index is -1.01. The molecule has 2 rings (SSSR count). The molecule has 4 N–H and O–H groups in total. The van der Waals surface area contributed by atoms with Crippen LogP contribution in [0.5, 0.6) is 0 Å². The van der Waals surface area contributed by atoms with Crippen LogP contribution in [-0.2, 0) is 0 Å². The predicted molar refractivity (Wildman–Crippen MR) is 70.7 cm³/mol. The first-order chi connectivity index (χ1) is 8.66. The molecule has 1 saturated carbocycles. The van der Waals surface area contributed by atoms with Crippen LogP contribution in [0, 0.1) is 5.92 Å². The third kappa shape index (κ3) is 3.12. The molecule has 1 heterocycles. The number of aromatic carboxylic acids is 1. The van der Waals surface area contributed by atoms with Crippen LogP contribution in [0.4, 0.5) is 11.5 Å². The van der Waals surface area contributed by atoms with Gasteiger partial charge in [0, 0.05) is 12.7 Å². The van der Waals surface area contributed by atoms with Crippen molar-refractivity contribution in [3.63, 3.8) is 0 Å². The van der Waals surface area contributed by atoms with E-state index in [0.29, 0.717) is 11.5 Å². The van der Waals surface area contributed by atoms with Crippen molar-refractivity contribution < 1.29 is 9.90 Å². The number of hydrogen-bond acceptors (Lipinski definition) is 4. The van der Waals surface area contributed by atoms with Gasteiger partial charge in [-0.05, 0) is 18.4 Å². The van der Waals surface area contributed by atoms with E-state index in [9.17, 15) is 4.79 Å². The van der Waals surface area contributed by atoms with Gasteiger partial charge in [-0.1, -0.05) is 25.7 Å². The molecule has 5 heteroatoms. The molecule has 0 aliphatic heterocycles. The van der Waals surface area contributed by atoms with Crippen LogP contribution in [0.3, 0.4) is 0 Å². The SMILES string of the molecule is Nc1cc(C(=O)O)cnc1NCCC1CCCC1. The highest BCUT2D eigenvalue weighted by molar-refractivity contribution is 5.89. The third-order valence-corrected chi connectivity index (χ3v) is 3.48. The summed E-state index contributed by atoms with van der Waals surface area (Å²) in [6.07, 6.45) is 7.79. The van der Waals surface area contributed by atoms with Crippen molar-refractivity contribution in [2.45, 2.75) is 32.1 Å². The number of rotatable bonds is 5. The largest absolute Gasteiger partial charge is 0.478 e. The van der Waals surface area contributed by atoms with E-state index in [-0.39, 0.29) is 5.56 Å². The molecule has 1 aliphatic rings. The zero-order chi connectivity index (χ0) is 13.0. The van der Waals surface area contributed by atoms with Gasteiger partial charge in [-0.15, -0.1) is 0 Å². The van der Waals surface area contributed by atoms with E-state index in [0.717, 1.165) is 18.9 Å². The molecule has 0 bridgehead atoms. The minimum Gasteiger partial charge on any atom is -0.478 e. The van der Waals surface area contributed by atoms with E-state index < -0.39 is 5.97 Å². The summed E-state index contributed by atoms with van der Waals surface area (Å²) in [4.78, 5) is 14.8. The number of nitrogens with zero attached hydrogens (tertiary/aromatic N) is 1. The predicted octanol–water partition coefficient (Wildman–Crippen LogP) is 2.35. The number of nitrogens with two attached hydrogens (primary N) is 1. The van der Waals surface area contributed by atoms with Crippen LogP contribution in [0.1, 0.15) is 42.5 Å². The van der Waals surface area contributed by atoms with E-state index in [2.05, 4.69) is 10.3 Å². The standard InChI is InChI=1S/C13H19N3O2/c14-11-7-10(13(17)18)8-16-12(11)15-6-5-9-3-1-2-4-9/h7-9H,1-6,14H2,(H,15,16)(H,17,18). The monoisotopic (exact) mass is 249 g/mol. The van der Waals surface area contributed by atoms with Gasteiger partial charge in [0.1, 0.15) is 5.82 Å². The molecule has 98 valence electrons. The maximum Gasteiger partial charge on any atom is 0.337 e. The smallest absolute Gasteiger partial charge is 0.337 e. The molecule has 5 nitrogen and oxygen atoms in total. The van der Waals surface area contributed by atoms with Gasteiger partial charge >= 0.3 is 5.97 Å². The molecule has 0 amide bonds. The van der Waals surface area contributed by atoms with Crippen molar-refractivity contribution >= 4 is 17.5 Å². The molecule has 0 aromatic carbocycles. The van der Waals surface area contributed by atoms with Crippen molar-refractivity contribution in [3.05, 3.63) is 17.8 Å². The number of aromatic nitrogens is 1. The Hall–Kier alpha value is -1.78. The summed E-state index contributed by atoms with van der Waals surface area (Å²) in [5.74, 6) is 0.390. The number of carbonyl (C=O) groups is 1.